The van der Waals surface area contributed by atoms with E-state index in [1.54, 1.807) is 24.3 Å². The molecule has 0 saturated heterocycles. The van der Waals surface area contributed by atoms with Gasteiger partial charge in [-0.05, 0) is 48.6 Å². The van der Waals surface area contributed by atoms with Gasteiger partial charge in [0.15, 0.2) is 0 Å². The molecule has 4 rings (SSSR count). The van der Waals surface area contributed by atoms with Crippen molar-refractivity contribution in [2.24, 2.45) is 5.73 Å². The summed E-state index contributed by atoms with van der Waals surface area (Å²) < 4.78 is 28.6. The van der Waals surface area contributed by atoms with Crippen LogP contribution in [0.15, 0.2) is 114 Å². The van der Waals surface area contributed by atoms with Crippen molar-refractivity contribution in [2.45, 2.75) is 50.6 Å². The van der Waals surface area contributed by atoms with E-state index in [1.807, 2.05) is 67.6 Å². The van der Waals surface area contributed by atoms with E-state index in [0.29, 0.717) is 17.9 Å². The summed E-state index contributed by atoms with van der Waals surface area (Å²) in [5.74, 6) is 0.653. The van der Waals surface area contributed by atoms with Crippen molar-refractivity contribution in [1.29, 1.82) is 0 Å². The monoisotopic (exact) mass is 602 g/mol. The Bertz CT molecular complexity index is 1330. The van der Waals surface area contributed by atoms with Crippen LogP contribution < -0.4 is 10.5 Å². The fraction of sp³-hybridized carbons (Fsp3) is 0.226. The number of hydrogen-bond acceptors (Lipinski definition) is 3. The number of benzene rings is 4. The molecular formula is C31H36N2O2RuS. The van der Waals surface area contributed by atoms with E-state index in [-0.39, 0.29) is 24.4 Å². The van der Waals surface area contributed by atoms with E-state index in [9.17, 15) is 8.42 Å². The van der Waals surface area contributed by atoms with E-state index < -0.39 is 15.7 Å². The van der Waals surface area contributed by atoms with Crippen LogP contribution in [0.25, 0.3) is 0 Å². The number of nitrogens with one attached hydrogen (secondary N) is 1. The van der Waals surface area contributed by atoms with Gasteiger partial charge in [-0.15, -0.1) is 0 Å². The van der Waals surface area contributed by atoms with Crippen LogP contribution in [0.5, 0.6) is 0 Å². The molecule has 0 spiro atoms. The summed E-state index contributed by atoms with van der Waals surface area (Å²) in [6, 6.07) is 34.3. The molecule has 0 aliphatic rings. The minimum absolute atomic E-state index is 0. The topological polar surface area (TPSA) is 72.2 Å². The molecule has 0 amide bonds. The Hall–Kier alpha value is -2.63. The van der Waals surface area contributed by atoms with Crippen LogP contribution in [-0.4, -0.2) is 8.42 Å². The molecule has 4 aromatic rings. The molecule has 0 heterocycles. The van der Waals surface area contributed by atoms with Crippen LogP contribution in [0.4, 0.5) is 0 Å². The van der Waals surface area contributed by atoms with Gasteiger partial charge in [-0.2, -0.15) is 4.72 Å². The van der Waals surface area contributed by atoms with Gasteiger partial charge in [0.05, 0.1) is 4.90 Å². The van der Waals surface area contributed by atoms with Crippen molar-refractivity contribution < 1.29 is 27.9 Å². The second-order valence-corrected chi connectivity index (χ2v) is 11.2. The molecule has 0 radical (unpaired) electrons. The van der Waals surface area contributed by atoms with Gasteiger partial charge in [0.2, 0.25) is 10.0 Å². The molecule has 0 unspecified atom stereocenters. The SMILES string of the molecule is Cc1ccc(C(C)C)cc1.Cc1ccc(S(=O)(=O)N[C@@](N)(Cc2ccccc2)c2ccccc2)cc1.[Ru]. The molecule has 0 fully saturated rings. The number of sulfonamides is 1. The van der Waals surface area contributed by atoms with Crippen LogP contribution in [0, 0.1) is 13.8 Å². The molecule has 0 aromatic heterocycles. The zero-order valence-electron chi connectivity index (χ0n) is 21.8. The van der Waals surface area contributed by atoms with Gasteiger partial charge >= 0.3 is 0 Å². The Morgan fingerprint density at radius 3 is 1.68 bits per heavy atom. The summed E-state index contributed by atoms with van der Waals surface area (Å²) >= 11 is 0. The third-order valence-electron chi connectivity index (χ3n) is 6.01. The summed E-state index contributed by atoms with van der Waals surface area (Å²) in [6.07, 6.45) is 0.336. The minimum atomic E-state index is -3.78. The molecule has 0 saturated carbocycles. The largest absolute Gasteiger partial charge is 0.308 e. The van der Waals surface area contributed by atoms with Gasteiger partial charge in [0.1, 0.15) is 5.66 Å². The third kappa shape index (κ3) is 9.01. The average molecular weight is 602 g/mol. The summed E-state index contributed by atoms with van der Waals surface area (Å²) in [6.45, 7) is 8.45. The van der Waals surface area contributed by atoms with Crippen LogP contribution in [0.1, 0.15) is 47.6 Å². The Labute approximate surface area is 235 Å². The van der Waals surface area contributed by atoms with Gasteiger partial charge in [-0.25, -0.2) is 8.42 Å². The quantitative estimate of drug-likeness (QED) is 0.189. The molecule has 4 nitrogen and oxygen atoms in total. The first-order valence-corrected chi connectivity index (χ1v) is 13.6. The first-order valence-electron chi connectivity index (χ1n) is 12.1. The van der Waals surface area contributed by atoms with Gasteiger partial charge < -0.3 is 5.73 Å². The number of aryl methyl sites for hydroxylation is 2. The summed E-state index contributed by atoms with van der Waals surface area (Å²) in [7, 11) is -3.78. The van der Waals surface area contributed by atoms with E-state index in [2.05, 4.69) is 49.8 Å². The Balaban J connectivity index is 0.000000369. The fourth-order valence-electron chi connectivity index (χ4n) is 3.82. The number of rotatable bonds is 7. The van der Waals surface area contributed by atoms with Gasteiger partial charge in [-0.1, -0.05) is 122 Å². The normalized spacial score (nSPS) is 12.6. The Morgan fingerprint density at radius 2 is 1.19 bits per heavy atom. The zero-order chi connectivity index (χ0) is 26.2. The zero-order valence-corrected chi connectivity index (χ0v) is 24.4. The molecule has 37 heavy (non-hydrogen) atoms. The molecule has 0 aliphatic heterocycles. The van der Waals surface area contributed by atoms with E-state index in [1.165, 1.54) is 11.1 Å². The van der Waals surface area contributed by atoms with Gasteiger partial charge in [0.25, 0.3) is 0 Å². The van der Waals surface area contributed by atoms with Crippen LogP contribution in [0.3, 0.4) is 0 Å². The van der Waals surface area contributed by atoms with Crippen molar-refractivity contribution in [3.8, 4) is 0 Å². The van der Waals surface area contributed by atoms with Crippen LogP contribution in [0.2, 0.25) is 0 Å². The Kier molecular flexibility index (Phi) is 11.4. The van der Waals surface area contributed by atoms with Crippen molar-refractivity contribution in [2.75, 3.05) is 0 Å². The Morgan fingerprint density at radius 1 is 0.730 bits per heavy atom. The predicted octanol–water partition coefficient (Wildman–Crippen LogP) is 6.44. The fourth-order valence-corrected chi connectivity index (χ4v) is 5.10. The molecular weight excluding hydrogens is 565 g/mol. The standard InChI is InChI=1S/C21H22N2O2S.C10H14.Ru/c1-17-12-14-20(15-13-17)26(24,25)23-21(22,19-10-6-3-7-11-19)16-18-8-4-2-5-9-18;1-8(2)10-6-4-9(3)5-7-10;/h2-15,23H,16,22H2,1H3;4-8H,1-3H3;/t21-;;/m0../s1. The molecule has 0 bridgehead atoms. The van der Waals surface area contributed by atoms with Crippen molar-refractivity contribution in [3.05, 3.63) is 137 Å². The maximum Gasteiger partial charge on any atom is 0.242 e. The maximum atomic E-state index is 12.9. The summed E-state index contributed by atoms with van der Waals surface area (Å²) in [4.78, 5) is 0.196. The van der Waals surface area contributed by atoms with Crippen molar-refractivity contribution >= 4 is 10.0 Å². The van der Waals surface area contributed by atoms with E-state index in [0.717, 1.165) is 11.1 Å². The molecule has 196 valence electrons. The first-order chi connectivity index (χ1) is 17.1. The van der Waals surface area contributed by atoms with Crippen molar-refractivity contribution in [1.82, 2.24) is 4.72 Å². The van der Waals surface area contributed by atoms with Gasteiger partial charge in [-0.3, -0.25) is 0 Å². The summed E-state index contributed by atoms with van der Waals surface area (Å²) in [5, 5.41) is 0. The van der Waals surface area contributed by atoms with Crippen LogP contribution in [-0.2, 0) is 41.6 Å². The second kappa shape index (κ2) is 13.8. The molecule has 0 aliphatic carbocycles. The summed E-state index contributed by atoms with van der Waals surface area (Å²) in [5.41, 5.74) is 10.8. The van der Waals surface area contributed by atoms with Crippen LogP contribution >= 0.6 is 0 Å². The smallest absolute Gasteiger partial charge is 0.242 e. The minimum Gasteiger partial charge on any atom is -0.308 e. The van der Waals surface area contributed by atoms with Gasteiger partial charge in [0, 0.05) is 25.9 Å². The molecule has 4 aromatic carbocycles. The first kappa shape index (κ1) is 30.6. The maximum absolute atomic E-state index is 12.9. The third-order valence-corrected chi connectivity index (χ3v) is 7.53. The van der Waals surface area contributed by atoms with Crippen molar-refractivity contribution in [3.63, 3.8) is 0 Å². The second-order valence-electron chi connectivity index (χ2n) is 9.48. The van der Waals surface area contributed by atoms with E-state index in [4.69, 9.17) is 5.73 Å². The predicted molar refractivity (Wildman–Crippen MR) is 149 cm³/mol. The molecule has 6 heteroatoms. The number of nitrogens with two attached hydrogens (primary N) is 1. The molecule has 1 atom stereocenters. The molecule has 3 N–H and O–H groups in total. The number of hydrogen-bond donors (Lipinski definition) is 2. The van der Waals surface area contributed by atoms with E-state index >= 15 is 0 Å². The average Bonchev–Trinajstić information content (AvgIpc) is 2.86.